The molecule has 0 unspecified atom stereocenters. The molecule has 2 N–H and O–H groups in total. The smallest absolute Gasteiger partial charge is 0.242 e. The Kier molecular flexibility index (Phi) is 5.15. The van der Waals surface area contributed by atoms with Gasteiger partial charge in [-0.1, -0.05) is 43.0 Å². The van der Waals surface area contributed by atoms with Crippen LogP contribution < -0.4 is 5.43 Å². The second kappa shape index (κ2) is 6.86. The molecular weight excluding hydrogens is 276 g/mol. The van der Waals surface area contributed by atoms with E-state index in [1.165, 1.54) is 0 Å². The summed E-state index contributed by atoms with van der Waals surface area (Å²) in [5.74, 6) is -0.250. The molecule has 0 bridgehead atoms. The highest BCUT2D eigenvalue weighted by Gasteiger charge is 2.31. The number of aliphatic hydroxyl groups is 1. The topological polar surface area (TPSA) is 61.7 Å². The molecule has 1 amide bonds. The van der Waals surface area contributed by atoms with Crippen LogP contribution in [0.3, 0.4) is 0 Å². The zero-order valence-electron chi connectivity index (χ0n) is 11.3. The number of nitrogens with zero attached hydrogens (tertiary/aromatic N) is 1. The van der Waals surface area contributed by atoms with E-state index in [0.717, 1.165) is 24.8 Å². The zero-order valence-corrected chi connectivity index (χ0v) is 12.1. The molecule has 0 spiro atoms. The predicted octanol–water partition coefficient (Wildman–Crippen LogP) is 2.88. The molecule has 1 aromatic carbocycles. The van der Waals surface area contributed by atoms with Gasteiger partial charge >= 0.3 is 0 Å². The summed E-state index contributed by atoms with van der Waals surface area (Å²) in [6.45, 7) is 0. The van der Waals surface area contributed by atoms with Crippen LogP contribution in [-0.2, 0) is 4.79 Å². The fourth-order valence-corrected chi connectivity index (χ4v) is 2.58. The maximum Gasteiger partial charge on any atom is 0.242 e. The fraction of sp³-hybridized carbons (Fsp3) is 0.467. The van der Waals surface area contributed by atoms with Crippen molar-refractivity contribution in [2.45, 2.75) is 44.1 Å². The predicted molar refractivity (Wildman–Crippen MR) is 79.8 cm³/mol. The van der Waals surface area contributed by atoms with Gasteiger partial charge in [-0.25, -0.2) is 5.43 Å². The minimum absolute atomic E-state index is 0.116. The minimum atomic E-state index is -0.849. The minimum Gasteiger partial charge on any atom is -0.389 e. The first-order valence-corrected chi connectivity index (χ1v) is 7.25. The first-order valence-electron chi connectivity index (χ1n) is 6.87. The molecule has 5 heteroatoms. The van der Waals surface area contributed by atoms with Crippen LogP contribution in [-0.4, -0.2) is 22.8 Å². The molecule has 4 nitrogen and oxygen atoms in total. The van der Waals surface area contributed by atoms with Crippen LogP contribution in [0.25, 0.3) is 0 Å². The second-order valence-corrected chi connectivity index (χ2v) is 5.74. The number of hydrogen-bond donors (Lipinski definition) is 2. The third-order valence-corrected chi connectivity index (χ3v) is 3.80. The standard InChI is InChI=1S/C15H19ClN2O2/c16-13-6-4-12(5-7-13)11-17-18-14(19)10-15(20)8-2-1-3-9-15/h4-7,11,20H,1-3,8-10H2,(H,18,19). The van der Waals surface area contributed by atoms with Gasteiger partial charge in [-0.05, 0) is 30.5 Å². The largest absolute Gasteiger partial charge is 0.389 e. The van der Waals surface area contributed by atoms with Gasteiger partial charge in [0.05, 0.1) is 18.2 Å². The Morgan fingerprint density at radius 3 is 2.60 bits per heavy atom. The highest BCUT2D eigenvalue weighted by atomic mass is 35.5. The molecular formula is C15H19ClN2O2. The molecule has 20 heavy (non-hydrogen) atoms. The van der Waals surface area contributed by atoms with Crippen molar-refractivity contribution < 1.29 is 9.90 Å². The average Bonchev–Trinajstić information content (AvgIpc) is 2.41. The number of benzene rings is 1. The van der Waals surface area contributed by atoms with E-state index in [1.807, 2.05) is 12.1 Å². The highest BCUT2D eigenvalue weighted by Crippen LogP contribution is 2.30. The molecule has 1 aromatic rings. The Morgan fingerprint density at radius 1 is 1.30 bits per heavy atom. The van der Waals surface area contributed by atoms with Crippen molar-refractivity contribution in [3.05, 3.63) is 34.9 Å². The van der Waals surface area contributed by atoms with Gasteiger partial charge in [0, 0.05) is 5.02 Å². The zero-order chi connectivity index (χ0) is 14.4. The third-order valence-electron chi connectivity index (χ3n) is 3.55. The Bertz CT molecular complexity index is 479. The van der Waals surface area contributed by atoms with Crippen LogP contribution in [0.5, 0.6) is 0 Å². The van der Waals surface area contributed by atoms with Gasteiger partial charge < -0.3 is 5.11 Å². The van der Waals surface area contributed by atoms with Gasteiger partial charge in [-0.2, -0.15) is 5.10 Å². The molecule has 0 atom stereocenters. The summed E-state index contributed by atoms with van der Waals surface area (Å²) in [5, 5.41) is 14.8. The molecule has 1 fully saturated rings. The Labute approximate surface area is 123 Å². The summed E-state index contributed by atoms with van der Waals surface area (Å²) < 4.78 is 0. The van der Waals surface area contributed by atoms with Crippen molar-refractivity contribution >= 4 is 23.7 Å². The molecule has 0 saturated heterocycles. The van der Waals surface area contributed by atoms with Gasteiger partial charge in [0.2, 0.25) is 5.91 Å². The van der Waals surface area contributed by atoms with Gasteiger partial charge in [0.25, 0.3) is 0 Å². The molecule has 0 heterocycles. The molecule has 108 valence electrons. The summed E-state index contributed by atoms with van der Waals surface area (Å²) in [7, 11) is 0. The molecule has 1 aliphatic rings. The SMILES string of the molecule is O=C(CC1(O)CCCCC1)NN=Cc1ccc(Cl)cc1. The third kappa shape index (κ3) is 4.62. The number of halogens is 1. The van der Waals surface area contributed by atoms with Crippen molar-refractivity contribution in [3.8, 4) is 0 Å². The van der Waals surface area contributed by atoms with Crippen molar-refractivity contribution in [1.29, 1.82) is 0 Å². The number of amides is 1. The molecule has 0 aromatic heterocycles. The number of rotatable bonds is 4. The molecule has 1 aliphatic carbocycles. The Morgan fingerprint density at radius 2 is 1.95 bits per heavy atom. The first-order chi connectivity index (χ1) is 9.57. The molecule has 0 radical (unpaired) electrons. The van der Waals surface area contributed by atoms with E-state index >= 15 is 0 Å². The summed E-state index contributed by atoms with van der Waals surface area (Å²) in [4.78, 5) is 11.8. The lowest BCUT2D eigenvalue weighted by molar-refractivity contribution is -0.127. The van der Waals surface area contributed by atoms with Crippen LogP contribution in [0.1, 0.15) is 44.1 Å². The second-order valence-electron chi connectivity index (χ2n) is 5.31. The van der Waals surface area contributed by atoms with Crippen molar-refractivity contribution in [3.63, 3.8) is 0 Å². The van der Waals surface area contributed by atoms with Crippen molar-refractivity contribution in [1.82, 2.24) is 5.43 Å². The fourth-order valence-electron chi connectivity index (χ4n) is 2.45. The summed E-state index contributed by atoms with van der Waals surface area (Å²) in [6, 6.07) is 7.14. The molecule has 2 rings (SSSR count). The number of hydrogen-bond acceptors (Lipinski definition) is 3. The van der Waals surface area contributed by atoms with Gasteiger partial charge in [0.15, 0.2) is 0 Å². The lowest BCUT2D eigenvalue weighted by Gasteiger charge is -2.31. The van der Waals surface area contributed by atoms with E-state index in [9.17, 15) is 9.90 Å². The van der Waals surface area contributed by atoms with E-state index in [4.69, 9.17) is 11.6 Å². The quantitative estimate of drug-likeness (QED) is 0.662. The monoisotopic (exact) mass is 294 g/mol. The average molecular weight is 295 g/mol. The molecule has 0 aliphatic heterocycles. The van der Waals surface area contributed by atoms with E-state index < -0.39 is 5.60 Å². The lowest BCUT2D eigenvalue weighted by Crippen LogP contribution is -2.37. The number of carbonyl (C=O) groups excluding carboxylic acids is 1. The normalized spacial score (nSPS) is 18.1. The van der Waals surface area contributed by atoms with E-state index in [2.05, 4.69) is 10.5 Å². The van der Waals surface area contributed by atoms with Gasteiger partial charge in [-0.3, -0.25) is 4.79 Å². The van der Waals surface area contributed by atoms with Gasteiger partial charge in [0.1, 0.15) is 0 Å². The van der Waals surface area contributed by atoms with Crippen molar-refractivity contribution in [2.24, 2.45) is 5.10 Å². The van der Waals surface area contributed by atoms with Crippen molar-refractivity contribution in [2.75, 3.05) is 0 Å². The highest BCUT2D eigenvalue weighted by molar-refractivity contribution is 6.30. The maximum absolute atomic E-state index is 11.8. The first kappa shape index (κ1) is 15.0. The van der Waals surface area contributed by atoms with Crippen LogP contribution in [0.15, 0.2) is 29.4 Å². The Balaban J connectivity index is 1.81. The lowest BCUT2D eigenvalue weighted by atomic mass is 9.82. The number of nitrogens with one attached hydrogen (secondary N) is 1. The van der Waals surface area contributed by atoms with E-state index in [1.54, 1.807) is 18.3 Å². The van der Waals surface area contributed by atoms with E-state index in [0.29, 0.717) is 17.9 Å². The van der Waals surface area contributed by atoms with Crippen LogP contribution >= 0.6 is 11.6 Å². The number of carbonyl (C=O) groups is 1. The van der Waals surface area contributed by atoms with E-state index in [-0.39, 0.29) is 12.3 Å². The molecule has 1 saturated carbocycles. The van der Waals surface area contributed by atoms with Gasteiger partial charge in [-0.15, -0.1) is 0 Å². The van der Waals surface area contributed by atoms with Crippen LogP contribution in [0.2, 0.25) is 5.02 Å². The summed E-state index contributed by atoms with van der Waals surface area (Å²) in [5.41, 5.74) is 2.46. The van der Waals surface area contributed by atoms with Crippen LogP contribution in [0, 0.1) is 0 Å². The number of hydrazone groups is 1. The van der Waals surface area contributed by atoms with Crippen LogP contribution in [0.4, 0.5) is 0 Å². The maximum atomic E-state index is 11.8. The summed E-state index contributed by atoms with van der Waals surface area (Å²) >= 11 is 5.78. The Hall–Kier alpha value is -1.39. The summed E-state index contributed by atoms with van der Waals surface area (Å²) in [6.07, 6.45) is 6.17.